The minimum Gasteiger partial charge on any atom is -0.547 e. The van der Waals surface area contributed by atoms with Crippen molar-refractivity contribution in [1.82, 2.24) is 0 Å². The van der Waals surface area contributed by atoms with Crippen LogP contribution in [0.3, 0.4) is 0 Å². The third-order valence-corrected chi connectivity index (χ3v) is 5.08. The van der Waals surface area contributed by atoms with E-state index in [1.165, 1.54) is 39.1 Å². The Morgan fingerprint density at radius 1 is 0.810 bits per heavy atom. The Hall–Kier alpha value is -1.80. The molecule has 0 aromatic heterocycles. The second kappa shape index (κ2) is 4.34. The first-order valence-electron chi connectivity index (χ1n) is 7.69. The lowest BCUT2D eigenvalue weighted by molar-refractivity contribution is 0.400. The Morgan fingerprint density at radius 2 is 1.52 bits per heavy atom. The van der Waals surface area contributed by atoms with E-state index in [1.54, 1.807) is 0 Å². The maximum atomic E-state index is 6.45. The van der Waals surface area contributed by atoms with Crippen LogP contribution in [0.5, 0.6) is 0 Å². The van der Waals surface area contributed by atoms with Gasteiger partial charge in [0.15, 0.2) is 0 Å². The molecule has 0 saturated carbocycles. The van der Waals surface area contributed by atoms with Gasteiger partial charge in [-0.3, -0.25) is 0 Å². The second-order valence-electron chi connectivity index (χ2n) is 6.90. The van der Waals surface area contributed by atoms with Crippen molar-refractivity contribution in [3.05, 3.63) is 64.9 Å². The summed E-state index contributed by atoms with van der Waals surface area (Å²) < 4.78 is 6.45. The van der Waals surface area contributed by atoms with E-state index in [1.807, 2.05) is 0 Å². The lowest BCUT2D eigenvalue weighted by Crippen LogP contribution is -2.26. The second-order valence-corrected chi connectivity index (χ2v) is 11.3. The van der Waals surface area contributed by atoms with Crippen LogP contribution in [0.2, 0.25) is 19.6 Å². The van der Waals surface area contributed by atoms with Crippen LogP contribution in [0.4, 0.5) is 0 Å². The van der Waals surface area contributed by atoms with E-state index < -0.39 is 8.32 Å². The van der Waals surface area contributed by atoms with Crippen molar-refractivity contribution in [2.24, 2.45) is 0 Å². The predicted molar refractivity (Wildman–Crippen MR) is 90.7 cm³/mol. The molecule has 21 heavy (non-hydrogen) atoms. The standard InChI is InChI=1S/C19H20OSi/c1-21(2,3)20-17-12-11-13-7-6-10-15-14-8-4-5-9-16(14)19(17)18(13)15/h4-10H,11-12H2,1-3H3. The minimum atomic E-state index is -1.58. The van der Waals surface area contributed by atoms with Crippen LogP contribution in [0.15, 0.2) is 48.2 Å². The molecule has 0 saturated heterocycles. The van der Waals surface area contributed by atoms with Crippen molar-refractivity contribution in [3.63, 3.8) is 0 Å². The number of hydrogen-bond acceptors (Lipinski definition) is 1. The molecule has 4 rings (SSSR count). The predicted octanol–water partition coefficient (Wildman–Crippen LogP) is 5.22. The van der Waals surface area contributed by atoms with Gasteiger partial charge in [0.2, 0.25) is 8.32 Å². The lowest BCUT2D eigenvalue weighted by atomic mass is 9.89. The van der Waals surface area contributed by atoms with Gasteiger partial charge in [0.05, 0.1) is 5.76 Å². The summed E-state index contributed by atoms with van der Waals surface area (Å²) in [7, 11) is -1.58. The Kier molecular flexibility index (Phi) is 2.67. The van der Waals surface area contributed by atoms with E-state index in [0.717, 1.165) is 12.8 Å². The molecule has 2 aliphatic rings. The van der Waals surface area contributed by atoms with Gasteiger partial charge in [-0.15, -0.1) is 0 Å². The maximum Gasteiger partial charge on any atom is 0.241 e. The van der Waals surface area contributed by atoms with Crippen molar-refractivity contribution >= 4 is 13.9 Å². The summed E-state index contributed by atoms with van der Waals surface area (Å²) in [6.07, 6.45) is 2.13. The first-order chi connectivity index (χ1) is 10.0. The fourth-order valence-electron chi connectivity index (χ4n) is 3.53. The molecule has 0 atom stereocenters. The smallest absolute Gasteiger partial charge is 0.241 e. The largest absolute Gasteiger partial charge is 0.547 e. The number of hydrogen-bond donors (Lipinski definition) is 0. The summed E-state index contributed by atoms with van der Waals surface area (Å²) in [6.45, 7) is 6.80. The summed E-state index contributed by atoms with van der Waals surface area (Å²) in [5.41, 5.74) is 8.37. The Morgan fingerprint density at radius 3 is 2.29 bits per heavy atom. The van der Waals surface area contributed by atoms with E-state index in [0.29, 0.717) is 0 Å². The van der Waals surface area contributed by atoms with Crippen molar-refractivity contribution < 1.29 is 4.43 Å². The zero-order valence-electron chi connectivity index (χ0n) is 12.9. The van der Waals surface area contributed by atoms with Crippen molar-refractivity contribution in [1.29, 1.82) is 0 Å². The van der Waals surface area contributed by atoms with Gasteiger partial charge in [-0.2, -0.15) is 0 Å². The number of allylic oxidation sites excluding steroid dienone is 1. The van der Waals surface area contributed by atoms with E-state index >= 15 is 0 Å². The number of rotatable bonds is 2. The molecule has 0 aliphatic heterocycles. The van der Waals surface area contributed by atoms with Crippen LogP contribution in [-0.4, -0.2) is 8.32 Å². The third-order valence-electron chi connectivity index (χ3n) is 4.22. The SMILES string of the molecule is C[Si](C)(C)OC1=C2c3ccccc3-c3cccc(c32)CC1. The van der Waals surface area contributed by atoms with Gasteiger partial charge in [-0.1, -0.05) is 42.5 Å². The molecule has 0 N–H and O–H groups in total. The third kappa shape index (κ3) is 1.97. The van der Waals surface area contributed by atoms with Crippen LogP contribution >= 0.6 is 0 Å². The first kappa shape index (κ1) is 12.9. The number of benzene rings is 2. The molecule has 0 amide bonds. The molecule has 0 radical (unpaired) electrons. The van der Waals surface area contributed by atoms with Crippen molar-refractivity contribution in [2.45, 2.75) is 32.5 Å². The molecule has 0 bridgehead atoms. The van der Waals surface area contributed by atoms with E-state index in [-0.39, 0.29) is 0 Å². The quantitative estimate of drug-likeness (QED) is 0.588. The number of fused-ring (bicyclic) bond motifs is 3. The summed E-state index contributed by atoms with van der Waals surface area (Å²) in [4.78, 5) is 0. The van der Waals surface area contributed by atoms with Crippen LogP contribution < -0.4 is 0 Å². The van der Waals surface area contributed by atoms with Crippen LogP contribution in [-0.2, 0) is 10.8 Å². The van der Waals surface area contributed by atoms with Gasteiger partial charge in [0, 0.05) is 12.0 Å². The highest BCUT2D eigenvalue weighted by Gasteiger charge is 2.33. The van der Waals surface area contributed by atoms with Crippen LogP contribution in [0.1, 0.15) is 23.1 Å². The Labute approximate surface area is 127 Å². The first-order valence-corrected chi connectivity index (χ1v) is 11.1. The van der Waals surface area contributed by atoms with Crippen LogP contribution in [0.25, 0.3) is 16.7 Å². The molecule has 2 heteroatoms. The zero-order valence-corrected chi connectivity index (χ0v) is 13.9. The van der Waals surface area contributed by atoms with Crippen molar-refractivity contribution in [2.75, 3.05) is 0 Å². The monoisotopic (exact) mass is 292 g/mol. The molecule has 1 nitrogen and oxygen atoms in total. The molecule has 106 valence electrons. The molecular weight excluding hydrogens is 272 g/mol. The molecular formula is C19H20OSi. The summed E-state index contributed by atoms with van der Waals surface area (Å²) in [5.74, 6) is 1.22. The molecule has 2 aliphatic carbocycles. The van der Waals surface area contributed by atoms with Crippen LogP contribution in [0, 0.1) is 0 Å². The van der Waals surface area contributed by atoms with Crippen molar-refractivity contribution in [3.8, 4) is 11.1 Å². The van der Waals surface area contributed by atoms with Gasteiger partial charge in [-0.25, -0.2) is 0 Å². The minimum absolute atomic E-state index is 1.03. The topological polar surface area (TPSA) is 9.23 Å². The van der Waals surface area contributed by atoms with E-state index in [9.17, 15) is 0 Å². The molecule has 0 spiro atoms. The Balaban J connectivity index is 2.02. The normalized spacial score (nSPS) is 15.8. The lowest BCUT2D eigenvalue weighted by Gasteiger charge is -2.28. The summed E-state index contributed by atoms with van der Waals surface area (Å²) >= 11 is 0. The fraction of sp³-hybridized carbons (Fsp3) is 0.263. The molecule has 0 unspecified atom stereocenters. The average Bonchev–Trinajstić information content (AvgIpc) is 2.78. The van der Waals surface area contributed by atoms with Gasteiger partial charge in [-0.05, 0) is 53.9 Å². The number of aryl methyl sites for hydroxylation is 1. The highest BCUT2D eigenvalue weighted by atomic mass is 28.4. The summed E-state index contributed by atoms with van der Waals surface area (Å²) in [5, 5.41) is 0. The molecule has 0 heterocycles. The van der Waals surface area contributed by atoms with Gasteiger partial charge in [0.25, 0.3) is 0 Å². The fourth-order valence-corrected chi connectivity index (χ4v) is 4.48. The molecule has 2 aromatic rings. The highest BCUT2D eigenvalue weighted by Crippen LogP contribution is 2.50. The van der Waals surface area contributed by atoms with E-state index in [2.05, 4.69) is 62.1 Å². The maximum absolute atomic E-state index is 6.45. The molecule has 0 fully saturated rings. The Bertz CT molecular complexity index is 765. The molecule has 2 aromatic carbocycles. The van der Waals surface area contributed by atoms with E-state index in [4.69, 9.17) is 4.43 Å². The van der Waals surface area contributed by atoms with Gasteiger partial charge >= 0.3 is 0 Å². The summed E-state index contributed by atoms with van der Waals surface area (Å²) in [6, 6.07) is 15.5. The van der Waals surface area contributed by atoms with Gasteiger partial charge in [0.1, 0.15) is 0 Å². The zero-order chi connectivity index (χ0) is 14.6. The highest BCUT2D eigenvalue weighted by molar-refractivity contribution is 6.70. The van der Waals surface area contributed by atoms with Gasteiger partial charge < -0.3 is 4.43 Å². The average molecular weight is 292 g/mol.